The number of H-pyrrole nitrogens is 1. The quantitative estimate of drug-likeness (QED) is 0.571. The van der Waals surface area contributed by atoms with Gasteiger partial charge >= 0.3 is 13.5 Å². The Bertz CT molecular complexity index is 1220. The van der Waals surface area contributed by atoms with Crippen LogP contribution >= 0.6 is 7.82 Å². The van der Waals surface area contributed by atoms with Gasteiger partial charge in [0.25, 0.3) is 11.4 Å². The number of ether oxygens (including phenoxy) is 1. The zero-order valence-electron chi connectivity index (χ0n) is 17.4. The molecule has 5 atom stereocenters. The second kappa shape index (κ2) is 7.41. The van der Waals surface area contributed by atoms with Gasteiger partial charge in [0.15, 0.2) is 6.23 Å². The number of nitrogens with one attached hydrogen (secondary N) is 1. The zero-order valence-corrected chi connectivity index (χ0v) is 16.2. The predicted molar refractivity (Wildman–Crippen MR) is 97.5 cm³/mol. The fourth-order valence-corrected chi connectivity index (χ4v) is 4.04. The average Bonchev–Trinajstić information content (AvgIpc) is 2.95. The van der Waals surface area contributed by atoms with Crippen LogP contribution in [0.1, 0.15) is 20.1 Å². The summed E-state index contributed by atoms with van der Waals surface area (Å²) in [7, 11) is -4.73. The highest BCUT2D eigenvalue weighted by Gasteiger charge is 2.57. The molecule has 0 bridgehead atoms. The Labute approximate surface area is 171 Å². The van der Waals surface area contributed by atoms with E-state index in [0.717, 1.165) is 6.20 Å². The lowest BCUT2D eigenvalue weighted by Gasteiger charge is -2.28. The van der Waals surface area contributed by atoms with Crippen LogP contribution in [-0.2, 0) is 25.0 Å². The molecular formula is C17H18FN2O9P. The molecule has 1 aromatic heterocycles. The first-order chi connectivity index (χ1) is 14.9. The summed E-state index contributed by atoms with van der Waals surface area (Å²) >= 11 is 0. The largest absolute Gasteiger partial charge is 0.530 e. The first kappa shape index (κ1) is 18.4. The summed E-state index contributed by atoms with van der Waals surface area (Å²) in [6.07, 6.45) is -5.77. The second-order valence-electron chi connectivity index (χ2n) is 6.68. The number of aromatic nitrogens is 2. The van der Waals surface area contributed by atoms with Crippen molar-refractivity contribution in [3.8, 4) is 5.75 Å². The third kappa shape index (κ3) is 3.62. The standard InChI is InChI=1S/C17H18FN2O9P/c1-9-6-20(16(24)19-14(9)23)15-12(21)13(22)17(18,28-15)8-27-30(25)26-7-10-4-2-3-5-11(10)29-30/h2-6,12-13,15,21-22H,7-8H2,1H3,(H,19,23,24)/t12-,13+,15-,17-,30?/m1/s1/i8D2. The molecular weight excluding hydrogens is 426 g/mol. The molecule has 2 aliphatic heterocycles. The van der Waals surface area contributed by atoms with Crippen LogP contribution < -0.4 is 15.8 Å². The van der Waals surface area contributed by atoms with Crippen molar-refractivity contribution in [1.29, 1.82) is 0 Å². The second-order valence-corrected chi connectivity index (χ2v) is 8.20. The summed E-state index contributed by atoms with van der Waals surface area (Å²) in [6.45, 7) is -2.66. The van der Waals surface area contributed by atoms with E-state index in [4.69, 9.17) is 21.0 Å². The highest BCUT2D eigenvalue weighted by molar-refractivity contribution is 7.49. The maximum absolute atomic E-state index is 15.7. The lowest BCUT2D eigenvalue weighted by molar-refractivity contribution is -0.205. The Balaban J connectivity index is 1.63. The van der Waals surface area contributed by atoms with E-state index < -0.39 is 49.9 Å². The number of phosphoric acid groups is 1. The van der Waals surface area contributed by atoms with Crippen LogP contribution in [0.25, 0.3) is 0 Å². The van der Waals surface area contributed by atoms with Crippen LogP contribution in [0.3, 0.4) is 0 Å². The number of benzene rings is 1. The molecule has 1 aromatic carbocycles. The minimum atomic E-state index is -4.73. The number of fused-ring (bicyclic) bond motifs is 1. The van der Waals surface area contributed by atoms with Gasteiger partial charge in [0, 0.05) is 17.3 Å². The molecule has 0 radical (unpaired) electrons. The van der Waals surface area contributed by atoms with Crippen molar-refractivity contribution < 1.29 is 40.2 Å². The summed E-state index contributed by atoms with van der Waals surface area (Å²) in [5.74, 6) is -3.76. The average molecular weight is 446 g/mol. The summed E-state index contributed by atoms with van der Waals surface area (Å²) in [4.78, 5) is 25.5. The first-order valence-electron chi connectivity index (χ1n) is 9.65. The monoisotopic (exact) mass is 446 g/mol. The van der Waals surface area contributed by atoms with Crippen molar-refractivity contribution in [1.82, 2.24) is 9.55 Å². The summed E-state index contributed by atoms with van der Waals surface area (Å²) in [5.41, 5.74) is -1.36. The molecule has 1 saturated heterocycles. The molecule has 13 heteroatoms. The number of aromatic amines is 1. The molecule has 0 spiro atoms. The topological polar surface area (TPSA) is 149 Å². The number of hydrogen-bond donors (Lipinski definition) is 3. The van der Waals surface area contributed by atoms with Crippen LogP contribution in [0.2, 0.25) is 0 Å². The van der Waals surface area contributed by atoms with Crippen molar-refractivity contribution in [2.45, 2.75) is 37.8 Å². The van der Waals surface area contributed by atoms with Crippen LogP contribution in [0, 0.1) is 6.92 Å². The Morgan fingerprint density at radius 1 is 1.43 bits per heavy atom. The molecule has 3 heterocycles. The van der Waals surface area contributed by atoms with Crippen LogP contribution in [-0.4, -0.2) is 44.4 Å². The number of aliphatic hydroxyl groups is 2. The molecule has 4 rings (SSSR count). The summed E-state index contributed by atoms with van der Waals surface area (Å²) in [6, 6.07) is 6.22. The van der Waals surface area contributed by atoms with Gasteiger partial charge in [-0.05, 0) is 13.0 Å². The molecule has 162 valence electrons. The van der Waals surface area contributed by atoms with E-state index in [1.54, 1.807) is 18.2 Å². The molecule has 0 amide bonds. The number of phosphoric ester groups is 1. The van der Waals surface area contributed by atoms with Gasteiger partial charge < -0.3 is 19.5 Å². The molecule has 30 heavy (non-hydrogen) atoms. The number of hydrogen-bond acceptors (Lipinski definition) is 9. The fourth-order valence-electron chi connectivity index (χ4n) is 2.94. The van der Waals surface area contributed by atoms with Crippen molar-refractivity contribution in [3.63, 3.8) is 0 Å². The predicted octanol–water partition coefficient (Wildman–Crippen LogP) is 0.495. The van der Waals surface area contributed by atoms with Crippen molar-refractivity contribution in [2.24, 2.45) is 0 Å². The Hall–Kier alpha value is -2.34. The van der Waals surface area contributed by atoms with Gasteiger partial charge in [-0.3, -0.25) is 23.4 Å². The maximum Gasteiger partial charge on any atom is 0.530 e. The number of aryl methyl sites for hydroxylation is 1. The Morgan fingerprint density at radius 3 is 2.93 bits per heavy atom. The van der Waals surface area contributed by atoms with Crippen LogP contribution in [0.15, 0.2) is 40.1 Å². The number of nitrogens with zero attached hydrogens (tertiary/aromatic N) is 1. The molecule has 11 nitrogen and oxygen atoms in total. The Morgan fingerprint density at radius 2 is 2.17 bits per heavy atom. The van der Waals surface area contributed by atoms with Crippen LogP contribution in [0.5, 0.6) is 5.75 Å². The number of alkyl halides is 1. The normalized spacial score (nSPS) is 34.6. The minimum absolute atomic E-state index is 0.00221. The molecule has 2 aromatic rings. The van der Waals surface area contributed by atoms with Crippen LogP contribution in [0.4, 0.5) is 4.39 Å². The highest BCUT2D eigenvalue weighted by atomic mass is 31.2. The van der Waals surface area contributed by atoms with E-state index >= 15 is 4.39 Å². The fraction of sp³-hybridized carbons (Fsp3) is 0.412. The zero-order chi connectivity index (χ0) is 23.5. The van der Waals surface area contributed by atoms with E-state index in [-0.39, 0.29) is 17.9 Å². The lowest BCUT2D eigenvalue weighted by atomic mass is 10.1. The molecule has 2 aliphatic rings. The van der Waals surface area contributed by atoms with Gasteiger partial charge in [0.1, 0.15) is 24.5 Å². The highest BCUT2D eigenvalue weighted by Crippen LogP contribution is 2.55. The van der Waals surface area contributed by atoms with E-state index in [0.29, 0.717) is 10.1 Å². The van der Waals surface area contributed by atoms with E-state index in [2.05, 4.69) is 0 Å². The third-order valence-electron chi connectivity index (χ3n) is 4.57. The number of aliphatic hydroxyl groups excluding tert-OH is 2. The smallest absolute Gasteiger partial charge is 0.404 e. The number of halogens is 1. The van der Waals surface area contributed by atoms with Gasteiger partial charge in [-0.1, -0.05) is 18.2 Å². The van der Waals surface area contributed by atoms with Crippen molar-refractivity contribution in [3.05, 3.63) is 62.4 Å². The van der Waals surface area contributed by atoms with Crippen molar-refractivity contribution in [2.75, 3.05) is 6.56 Å². The lowest BCUT2D eigenvalue weighted by Crippen LogP contribution is -2.43. The SMILES string of the molecule is [2H]C([2H])(OP1(=O)OCc2ccccc2O1)[C@@]1(F)O[C@@H](n2cc(C)c(=O)[nH]c2=O)[C@H](O)[C@@H]1O. The third-order valence-corrected chi connectivity index (χ3v) is 5.75. The maximum atomic E-state index is 15.7. The first-order valence-corrected chi connectivity index (χ1v) is 10.1. The van der Waals surface area contributed by atoms with E-state index in [1.165, 1.54) is 13.0 Å². The van der Waals surface area contributed by atoms with Gasteiger partial charge in [0.2, 0.25) is 0 Å². The van der Waals surface area contributed by atoms with E-state index in [1.807, 2.05) is 4.98 Å². The molecule has 1 unspecified atom stereocenters. The molecule has 0 saturated carbocycles. The summed E-state index contributed by atoms with van der Waals surface area (Å²) < 4.78 is 64.6. The minimum Gasteiger partial charge on any atom is -0.404 e. The Kier molecular flexibility index (Phi) is 4.55. The molecule has 3 N–H and O–H groups in total. The van der Waals surface area contributed by atoms with Crippen molar-refractivity contribution >= 4 is 7.82 Å². The van der Waals surface area contributed by atoms with E-state index in [9.17, 15) is 24.4 Å². The van der Waals surface area contributed by atoms with Gasteiger partial charge in [-0.25, -0.2) is 13.8 Å². The number of rotatable bonds is 4. The van der Waals surface area contributed by atoms with Gasteiger partial charge in [-0.15, -0.1) is 0 Å². The van der Waals surface area contributed by atoms with Gasteiger partial charge in [0.05, 0.1) is 9.35 Å². The number of para-hydroxylation sites is 1. The molecule has 0 aliphatic carbocycles. The summed E-state index contributed by atoms with van der Waals surface area (Å²) in [5, 5.41) is 20.5. The molecule has 1 fully saturated rings. The van der Waals surface area contributed by atoms with Gasteiger partial charge in [-0.2, -0.15) is 0 Å².